The molecule has 2 N–H and O–H groups in total. The molecule has 1 fully saturated rings. The third kappa shape index (κ3) is 8.23. The fraction of sp³-hybridized carbons (Fsp3) is 0.429. The number of rotatable bonds is 10. The van der Waals surface area contributed by atoms with Crippen molar-refractivity contribution in [3.63, 3.8) is 0 Å². The van der Waals surface area contributed by atoms with Crippen LogP contribution in [-0.2, 0) is 33.3 Å². The summed E-state index contributed by atoms with van der Waals surface area (Å²) < 4.78 is 85.5. The molecule has 2 atom stereocenters. The van der Waals surface area contributed by atoms with Gasteiger partial charge in [0.15, 0.2) is 5.78 Å². The lowest BCUT2D eigenvalue weighted by atomic mass is 9.87. The lowest BCUT2D eigenvalue weighted by molar-refractivity contribution is -0.143. The fourth-order valence-corrected chi connectivity index (χ4v) is 4.52. The van der Waals surface area contributed by atoms with Crippen molar-refractivity contribution in [3.8, 4) is 0 Å². The minimum Gasteiger partial charge on any atom is -0.384 e. The van der Waals surface area contributed by atoms with Crippen molar-refractivity contribution >= 4 is 11.7 Å². The summed E-state index contributed by atoms with van der Waals surface area (Å²) in [7, 11) is 1.60. The maximum absolute atomic E-state index is 13.3. The standard InChI is InChI=1S/C28H31F6N3O3/c1-3-24(38)23(35-2)14-36-15-26(39)37-10-9-25(22(16-37)19-7-5-4-6-8-19)40-17-18-11-20(27(29,30)31)13-21(12-18)28(32,33)34/h4-8,11-14,22,25,35-36H,3,9-10,15-17H2,1-2H3/b23-14-. The summed E-state index contributed by atoms with van der Waals surface area (Å²) in [6, 6.07) is 10.5. The Morgan fingerprint density at radius 2 is 1.65 bits per heavy atom. The van der Waals surface area contributed by atoms with E-state index in [0.29, 0.717) is 30.7 Å². The number of hydrogen-bond acceptors (Lipinski definition) is 5. The van der Waals surface area contributed by atoms with Gasteiger partial charge in [0.05, 0.1) is 36.1 Å². The normalized spacial score (nSPS) is 18.4. The number of allylic oxidation sites excluding steroid dienone is 1. The van der Waals surface area contributed by atoms with E-state index in [2.05, 4.69) is 10.6 Å². The van der Waals surface area contributed by atoms with Gasteiger partial charge in [0, 0.05) is 38.7 Å². The van der Waals surface area contributed by atoms with E-state index in [4.69, 9.17) is 4.74 Å². The number of benzene rings is 2. The molecule has 3 rings (SSSR count). The monoisotopic (exact) mass is 571 g/mol. The molecule has 0 saturated carbocycles. The van der Waals surface area contributed by atoms with Crippen LogP contribution in [0.2, 0.25) is 0 Å². The van der Waals surface area contributed by atoms with Gasteiger partial charge in [-0.05, 0) is 35.7 Å². The molecule has 0 bridgehead atoms. The second-order valence-electron chi connectivity index (χ2n) is 9.37. The van der Waals surface area contributed by atoms with E-state index in [1.54, 1.807) is 37.1 Å². The molecule has 218 valence electrons. The Morgan fingerprint density at radius 1 is 1.02 bits per heavy atom. The number of alkyl halides is 6. The van der Waals surface area contributed by atoms with Crippen molar-refractivity contribution in [3.05, 3.63) is 82.7 Å². The maximum atomic E-state index is 13.3. The molecule has 40 heavy (non-hydrogen) atoms. The van der Waals surface area contributed by atoms with Crippen molar-refractivity contribution in [2.45, 2.75) is 50.7 Å². The van der Waals surface area contributed by atoms with Gasteiger partial charge < -0.3 is 20.3 Å². The SMILES string of the molecule is CCC(=O)/C(=C/NCC(=O)N1CCC(OCc2cc(C(F)(F)F)cc(C(F)(F)F)c2)C(c2ccccc2)C1)NC. The highest BCUT2D eigenvalue weighted by Crippen LogP contribution is 2.37. The van der Waals surface area contributed by atoms with E-state index >= 15 is 0 Å². The van der Waals surface area contributed by atoms with Crippen LogP contribution >= 0.6 is 0 Å². The number of likely N-dealkylation sites (N-methyl/N-ethyl adjacent to an activating group) is 1. The predicted octanol–water partition coefficient (Wildman–Crippen LogP) is 5.26. The van der Waals surface area contributed by atoms with Gasteiger partial charge in [-0.2, -0.15) is 26.3 Å². The Hall–Kier alpha value is -3.54. The molecule has 0 radical (unpaired) electrons. The number of amides is 1. The lowest BCUT2D eigenvalue weighted by Crippen LogP contribution is -2.48. The number of carbonyl (C=O) groups excluding carboxylic acids is 2. The molecule has 1 aliphatic heterocycles. The van der Waals surface area contributed by atoms with Crippen LogP contribution in [0.4, 0.5) is 26.3 Å². The molecule has 1 saturated heterocycles. The predicted molar refractivity (Wildman–Crippen MR) is 136 cm³/mol. The van der Waals surface area contributed by atoms with Crippen LogP contribution in [0.15, 0.2) is 60.4 Å². The molecule has 12 heteroatoms. The van der Waals surface area contributed by atoms with Crippen LogP contribution in [-0.4, -0.2) is 49.4 Å². The average Bonchev–Trinajstić information content (AvgIpc) is 2.93. The lowest BCUT2D eigenvalue weighted by Gasteiger charge is -2.39. The summed E-state index contributed by atoms with van der Waals surface area (Å²) >= 11 is 0. The maximum Gasteiger partial charge on any atom is 0.416 e. The summed E-state index contributed by atoms with van der Waals surface area (Å²) in [5.74, 6) is -0.715. The van der Waals surface area contributed by atoms with Crippen molar-refractivity contribution in [1.29, 1.82) is 0 Å². The van der Waals surface area contributed by atoms with Gasteiger partial charge in [0.2, 0.25) is 5.91 Å². The minimum atomic E-state index is -4.95. The van der Waals surface area contributed by atoms with Crippen LogP contribution < -0.4 is 10.6 Å². The Bertz CT molecular complexity index is 1170. The van der Waals surface area contributed by atoms with E-state index in [1.807, 2.05) is 12.1 Å². The zero-order valence-electron chi connectivity index (χ0n) is 22.0. The van der Waals surface area contributed by atoms with Crippen molar-refractivity contribution in [2.24, 2.45) is 0 Å². The van der Waals surface area contributed by atoms with Gasteiger partial charge in [0.1, 0.15) is 0 Å². The van der Waals surface area contributed by atoms with Crippen molar-refractivity contribution in [2.75, 3.05) is 26.7 Å². The summed E-state index contributed by atoms with van der Waals surface area (Å²) in [6.45, 7) is 1.71. The zero-order chi connectivity index (χ0) is 29.5. The topological polar surface area (TPSA) is 70.7 Å². The minimum absolute atomic E-state index is 0.0698. The molecule has 0 aliphatic carbocycles. The van der Waals surface area contributed by atoms with E-state index in [1.165, 1.54) is 6.20 Å². The summed E-state index contributed by atoms with van der Waals surface area (Å²) in [6.07, 6.45) is -8.39. The number of ketones is 1. The fourth-order valence-electron chi connectivity index (χ4n) is 4.52. The molecule has 1 heterocycles. The van der Waals surface area contributed by atoms with Crippen LogP contribution in [0.1, 0.15) is 47.9 Å². The third-order valence-electron chi connectivity index (χ3n) is 6.63. The number of hydrogen-bond donors (Lipinski definition) is 2. The van der Waals surface area contributed by atoms with Crippen LogP contribution in [0.25, 0.3) is 0 Å². The summed E-state index contributed by atoms with van der Waals surface area (Å²) in [4.78, 5) is 26.4. The number of carbonyl (C=O) groups is 2. The number of Topliss-reactive ketones (excluding diaryl/α,β-unsaturated/α-hetero) is 1. The molecule has 0 aromatic heterocycles. The Balaban J connectivity index is 1.75. The van der Waals surface area contributed by atoms with Gasteiger partial charge in [-0.1, -0.05) is 37.3 Å². The van der Waals surface area contributed by atoms with Gasteiger partial charge >= 0.3 is 12.4 Å². The highest BCUT2D eigenvalue weighted by Gasteiger charge is 2.37. The molecule has 1 amide bonds. The van der Waals surface area contributed by atoms with E-state index in [-0.39, 0.29) is 48.9 Å². The Labute approximate surface area is 228 Å². The van der Waals surface area contributed by atoms with E-state index in [0.717, 1.165) is 5.56 Å². The molecule has 6 nitrogen and oxygen atoms in total. The van der Waals surface area contributed by atoms with Crippen LogP contribution in [0.5, 0.6) is 0 Å². The third-order valence-corrected chi connectivity index (χ3v) is 6.63. The summed E-state index contributed by atoms with van der Waals surface area (Å²) in [5, 5.41) is 5.62. The van der Waals surface area contributed by atoms with Crippen LogP contribution in [0.3, 0.4) is 0 Å². The van der Waals surface area contributed by atoms with E-state index in [9.17, 15) is 35.9 Å². The largest absolute Gasteiger partial charge is 0.416 e. The van der Waals surface area contributed by atoms with Crippen molar-refractivity contribution in [1.82, 2.24) is 15.5 Å². The second-order valence-corrected chi connectivity index (χ2v) is 9.37. The zero-order valence-corrected chi connectivity index (χ0v) is 22.0. The molecule has 0 spiro atoms. The first-order chi connectivity index (χ1) is 18.8. The number of halogens is 6. The van der Waals surface area contributed by atoms with Gasteiger partial charge in [0.25, 0.3) is 0 Å². The molecule has 2 aromatic carbocycles. The van der Waals surface area contributed by atoms with Crippen molar-refractivity contribution < 1.29 is 40.7 Å². The van der Waals surface area contributed by atoms with Gasteiger partial charge in [-0.25, -0.2) is 0 Å². The van der Waals surface area contributed by atoms with Gasteiger partial charge in [-0.3, -0.25) is 9.59 Å². The highest BCUT2D eigenvalue weighted by molar-refractivity contribution is 5.94. The molecule has 1 aliphatic rings. The van der Waals surface area contributed by atoms with E-state index < -0.39 is 36.2 Å². The van der Waals surface area contributed by atoms with Gasteiger partial charge in [-0.15, -0.1) is 0 Å². The first-order valence-corrected chi connectivity index (χ1v) is 12.7. The second kappa shape index (κ2) is 13.2. The summed E-state index contributed by atoms with van der Waals surface area (Å²) in [5.41, 5.74) is -1.88. The number of ether oxygens (including phenoxy) is 1. The Kier molecular flexibility index (Phi) is 10.2. The number of piperidine rings is 1. The molecule has 2 aromatic rings. The number of likely N-dealkylation sites (tertiary alicyclic amines) is 1. The highest BCUT2D eigenvalue weighted by atomic mass is 19.4. The first kappa shape index (κ1) is 31.0. The Morgan fingerprint density at radius 3 is 2.20 bits per heavy atom. The molecular weight excluding hydrogens is 540 g/mol. The molecule has 2 unspecified atom stereocenters. The smallest absolute Gasteiger partial charge is 0.384 e. The number of nitrogens with one attached hydrogen (secondary N) is 2. The quantitative estimate of drug-likeness (QED) is 0.301. The average molecular weight is 572 g/mol. The number of nitrogens with zero attached hydrogens (tertiary/aromatic N) is 1. The van der Waals surface area contributed by atoms with Crippen LogP contribution in [0, 0.1) is 0 Å². The molecular formula is C28H31F6N3O3. The first-order valence-electron chi connectivity index (χ1n) is 12.7.